The minimum absolute atomic E-state index is 0.0647. The predicted octanol–water partition coefficient (Wildman–Crippen LogP) is 4.53. The first-order valence-corrected chi connectivity index (χ1v) is 9.04. The molecule has 26 heavy (non-hydrogen) atoms. The van der Waals surface area contributed by atoms with E-state index in [1.54, 1.807) is 12.1 Å². The molecule has 1 saturated heterocycles. The topological polar surface area (TPSA) is 67.6 Å². The number of nitro groups is 1. The van der Waals surface area contributed by atoms with Gasteiger partial charge in [0.05, 0.1) is 17.6 Å². The zero-order valence-electron chi connectivity index (χ0n) is 14.6. The van der Waals surface area contributed by atoms with Crippen molar-refractivity contribution in [1.82, 2.24) is 4.90 Å². The summed E-state index contributed by atoms with van der Waals surface area (Å²) in [6.45, 7) is 3.50. The van der Waals surface area contributed by atoms with E-state index in [1.165, 1.54) is 17.7 Å². The summed E-state index contributed by atoms with van der Waals surface area (Å²) in [6, 6.07) is 14.7. The molecular formula is C19H21N3O3S. The summed E-state index contributed by atoms with van der Waals surface area (Å²) in [5, 5.41) is 14.6. The van der Waals surface area contributed by atoms with Crippen LogP contribution in [-0.4, -0.2) is 28.1 Å². The Morgan fingerprint density at radius 1 is 1.27 bits per heavy atom. The molecule has 0 amide bonds. The fourth-order valence-electron chi connectivity index (χ4n) is 3.17. The van der Waals surface area contributed by atoms with E-state index >= 15 is 0 Å². The third-order valence-electron chi connectivity index (χ3n) is 4.42. The van der Waals surface area contributed by atoms with Gasteiger partial charge in [-0.05, 0) is 61.8 Å². The highest BCUT2D eigenvalue weighted by molar-refractivity contribution is 7.80. The van der Waals surface area contributed by atoms with Crippen molar-refractivity contribution in [3.8, 4) is 5.75 Å². The monoisotopic (exact) mass is 371 g/mol. The van der Waals surface area contributed by atoms with Crippen molar-refractivity contribution in [3.05, 3.63) is 64.2 Å². The number of hydrogen-bond acceptors (Lipinski definition) is 4. The second-order valence-electron chi connectivity index (χ2n) is 6.09. The Hall–Kier alpha value is -2.67. The number of thiocarbonyl (C=S) groups is 1. The van der Waals surface area contributed by atoms with Crippen LogP contribution in [0, 0.1) is 10.1 Å². The number of hydrogen-bond donors (Lipinski definition) is 1. The molecule has 136 valence electrons. The van der Waals surface area contributed by atoms with Crippen LogP contribution in [0.15, 0.2) is 48.5 Å². The van der Waals surface area contributed by atoms with Gasteiger partial charge in [0.1, 0.15) is 5.75 Å². The Morgan fingerprint density at radius 3 is 2.58 bits per heavy atom. The highest BCUT2D eigenvalue weighted by Crippen LogP contribution is 2.33. The number of rotatable bonds is 5. The normalized spacial score (nSPS) is 16.3. The van der Waals surface area contributed by atoms with Crippen LogP contribution in [-0.2, 0) is 0 Å². The van der Waals surface area contributed by atoms with Gasteiger partial charge in [0.25, 0.3) is 5.69 Å². The van der Waals surface area contributed by atoms with Crippen LogP contribution in [0.5, 0.6) is 5.75 Å². The summed E-state index contributed by atoms with van der Waals surface area (Å²) >= 11 is 5.58. The molecule has 0 unspecified atom stereocenters. The zero-order chi connectivity index (χ0) is 18.5. The summed E-state index contributed by atoms with van der Waals surface area (Å²) < 4.78 is 5.50. The molecule has 0 aromatic heterocycles. The Balaban J connectivity index is 1.68. The van der Waals surface area contributed by atoms with Crippen molar-refractivity contribution in [2.45, 2.75) is 25.8 Å². The van der Waals surface area contributed by atoms with Crippen LogP contribution in [0.25, 0.3) is 0 Å². The molecule has 1 aliphatic heterocycles. The van der Waals surface area contributed by atoms with E-state index in [-0.39, 0.29) is 11.7 Å². The summed E-state index contributed by atoms with van der Waals surface area (Å²) in [5.41, 5.74) is 2.02. The van der Waals surface area contributed by atoms with Crippen LogP contribution in [0.4, 0.5) is 11.4 Å². The second-order valence-corrected chi connectivity index (χ2v) is 6.47. The SMILES string of the molecule is CCOc1ccc([C@H]2CCCN2C(=S)Nc2ccc([N+](=O)[O-])cc2)cc1. The summed E-state index contributed by atoms with van der Waals surface area (Å²) in [7, 11) is 0. The number of likely N-dealkylation sites (tertiary alicyclic amines) is 1. The first-order valence-electron chi connectivity index (χ1n) is 8.63. The van der Waals surface area contributed by atoms with E-state index in [1.807, 2.05) is 19.1 Å². The molecule has 0 saturated carbocycles. The smallest absolute Gasteiger partial charge is 0.269 e. The van der Waals surface area contributed by atoms with Crippen LogP contribution < -0.4 is 10.1 Å². The zero-order valence-corrected chi connectivity index (χ0v) is 15.4. The number of nitrogens with zero attached hydrogens (tertiary/aromatic N) is 2. The van der Waals surface area contributed by atoms with Gasteiger partial charge in [0.15, 0.2) is 5.11 Å². The van der Waals surface area contributed by atoms with Crippen molar-refractivity contribution in [2.75, 3.05) is 18.5 Å². The van der Waals surface area contributed by atoms with E-state index in [2.05, 4.69) is 22.3 Å². The maximum Gasteiger partial charge on any atom is 0.269 e. The van der Waals surface area contributed by atoms with Gasteiger partial charge in [-0.25, -0.2) is 0 Å². The Kier molecular flexibility index (Phi) is 5.68. The summed E-state index contributed by atoms with van der Waals surface area (Å²) in [6.07, 6.45) is 2.11. The highest BCUT2D eigenvalue weighted by Gasteiger charge is 2.28. The van der Waals surface area contributed by atoms with Crippen molar-refractivity contribution >= 4 is 28.7 Å². The second kappa shape index (κ2) is 8.14. The third kappa shape index (κ3) is 4.11. The van der Waals surface area contributed by atoms with Gasteiger partial charge in [0.2, 0.25) is 0 Å². The molecule has 1 aliphatic rings. The first kappa shape index (κ1) is 18.1. The molecule has 1 fully saturated rings. The fourth-order valence-corrected chi connectivity index (χ4v) is 3.51. The Morgan fingerprint density at radius 2 is 1.96 bits per heavy atom. The van der Waals surface area contributed by atoms with Crippen molar-refractivity contribution in [3.63, 3.8) is 0 Å². The van der Waals surface area contributed by atoms with Gasteiger partial charge < -0.3 is 15.0 Å². The molecule has 2 aromatic carbocycles. The number of nitrogens with one attached hydrogen (secondary N) is 1. The van der Waals surface area contributed by atoms with Gasteiger partial charge in [-0.15, -0.1) is 0 Å². The molecule has 0 radical (unpaired) electrons. The standard InChI is InChI=1S/C19H21N3O3S/c1-2-25-17-11-5-14(6-12-17)18-4-3-13-21(18)19(26)20-15-7-9-16(10-8-15)22(23)24/h5-12,18H,2-4,13H2,1H3,(H,20,26)/t18-/m1/s1. The lowest BCUT2D eigenvalue weighted by molar-refractivity contribution is -0.384. The Bertz CT molecular complexity index is 778. The molecule has 2 aromatic rings. The van der Waals surface area contributed by atoms with Gasteiger partial charge in [-0.1, -0.05) is 12.1 Å². The van der Waals surface area contributed by atoms with Crippen molar-refractivity contribution in [2.24, 2.45) is 0 Å². The van der Waals surface area contributed by atoms with E-state index in [0.717, 1.165) is 30.8 Å². The van der Waals surface area contributed by atoms with Crippen molar-refractivity contribution in [1.29, 1.82) is 0 Å². The molecule has 0 bridgehead atoms. The molecule has 1 atom stereocenters. The molecule has 7 heteroatoms. The number of benzene rings is 2. The fraction of sp³-hybridized carbons (Fsp3) is 0.316. The number of ether oxygens (including phenoxy) is 1. The minimum atomic E-state index is -0.412. The molecule has 0 spiro atoms. The van der Waals surface area contributed by atoms with Gasteiger partial charge >= 0.3 is 0 Å². The molecule has 1 N–H and O–H groups in total. The lowest BCUT2D eigenvalue weighted by Crippen LogP contribution is -2.34. The molecule has 0 aliphatic carbocycles. The average Bonchev–Trinajstić information content (AvgIpc) is 3.13. The van der Waals surface area contributed by atoms with Crippen LogP contribution in [0.3, 0.4) is 0 Å². The number of anilines is 1. The lowest BCUT2D eigenvalue weighted by Gasteiger charge is -2.28. The van der Waals surface area contributed by atoms with E-state index in [0.29, 0.717) is 11.7 Å². The van der Waals surface area contributed by atoms with E-state index in [9.17, 15) is 10.1 Å². The summed E-state index contributed by atoms with van der Waals surface area (Å²) in [5.74, 6) is 0.868. The largest absolute Gasteiger partial charge is 0.494 e. The van der Waals surface area contributed by atoms with Gasteiger partial charge in [-0.2, -0.15) is 0 Å². The van der Waals surface area contributed by atoms with Gasteiger partial charge in [-0.3, -0.25) is 10.1 Å². The van der Waals surface area contributed by atoms with E-state index < -0.39 is 4.92 Å². The minimum Gasteiger partial charge on any atom is -0.494 e. The van der Waals surface area contributed by atoms with Crippen LogP contribution >= 0.6 is 12.2 Å². The van der Waals surface area contributed by atoms with Crippen LogP contribution in [0.1, 0.15) is 31.4 Å². The molecule has 1 heterocycles. The molecule has 3 rings (SSSR count). The maximum atomic E-state index is 10.8. The summed E-state index contributed by atoms with van der Waals surface area (Å²) in [4.78, 5) is 12.5. The van der Waals surface area contributed by atoms with E-state index in [4.69, 9.17) is 17.0 Å². The average molecular weight is 371 g/mol. The Labute approximate surface area is 157 Å². The lowest BCUT2D eigenvalue weighted by atomic mass is 10.0. The molecule has 6 nitrogen and oxygen atoms in total. The first-order chi connectivity index (χ1) is 12.6. The highest BCUT2D eigenvalue weighted by atomic mass is 32.1. The predicted molar refractivity (Wildman–Crippen MR) is 106 cm³/mol. The number of non-ortho nitro benzene ring substituents is 1. The third-order valence-corrected chi connectivity index (χ3v) is 4.76. The van der Waals surface area contributed by atoms with Gasteiger partial charge in [0, 0.05) is 24.4 Å². The molecular weight excluding hydrogens is 350 g/mol. The maximum absolute atomic E-state index is 10.8. The van der Waals surface area contributed by atoms with Crippen LogP contribution in [0.2, 0.25) is 0 Å². The van der Waals surface area contributed by atoms with Crippen molar-refractivity contribution < 1.29 is 9.66 Å². The quantitative estimate of drug-likeness (QED) is 0.473. The number of nitro benzene ring substituents is 1.